The molecule has 0 radical (unpaired) electrons. The number of aliphatic hydroxyl groups excluding tert-OH is 1. The van der Waals surface area contributed by atoms with Crippen molar-refractivity contribution in [2.45, 2.75) is 25.9 Å². The van der Waals surface area contributed by atoms with Crippen molar-refractivity contribution < 1.29 is 5.11 Å². The van der Waals surface area contributed by atoms with Crippen LogP contribution in [0.5, 0.6) is 0 Å². The maximum atomic E-state index is 9.73. The van der Waals surface area contributed by atoms with Crippen LogP contribution in [0.3, 0.4) is 0 Å². The Bertz CT molecular complexity index is 513. The molecule has 2 aromatic heterocycles. The lowest BCUT2D eigenvalue weighted by molar-refractivity contribution is 0.169. The molecule has 0 aliphatic carbocycles. The van der Waals surface area contributed by atoms with Gasteiger partial charge in [-0.3, -0.25) is 9.97 Å². The first-order valence-corrected chi connectivity index (χ1v) is 6.95. The number of nitrogens with zero attached hydrogens (tertiary/aromatic N) is 3. The normalized spacial score (nSPS) is 12.2. The summed E-state index contributed by atoms with van der Waals surface area (Å²) in [6.07, 6.45) is 4.74. The summed E-state index contributed by atoms with van der Waals surface area (Å²) in [5, 5.41) is 9.73. The summed E-state index contributed by atoms with van der Waals surface area (Å²) >= 11 is 0. The Hall–Kier alpha value is -1.94. The van der Waals surface area contributed by atoms with E-state index in [1.54, 1.807) is 0 Å². The van der Waals surface area contributed by atoms with Crippen molar-refractivity contribution in [3.63, 3.8) is 0 Å². The van der Waals surface area contributed by atoms with Crippen LogP contribution in [0.25, 0.3) is 0 Å². The van der Waals surface area contributed by atoms with E-state index in [9.17, 15) is 5.11 Å². The molecule has 20 heavy (non-hydrogen) atoms. The molecule has 1 N–H and O–H groups in total. The van der Waals surface area contributed by atoms with Gasteiger partial charge in [-0.05, 0) is 30.7 Å². The van der Waals surface area contributed by atoms with Gasteiger partial charge >= 0.3 is 0 Å². The van der Waals surface area contributed by atoms with Gasteiger partial charge in [-0.15, -0.1) is 0 Å². The Morgan fingerprint density at radius 2 is 2.05 bits per heavy atom. The molecule has 0 spiro atoms. The minimum Gasteiger partial charge on any atom is -0.387 e. The van der Waals surface area contributed by atoms with Gasteiger partial charge in [-0.25, -0.2) is 0 Å². The molecule has 2 rings (SSSR count). The van der Waals surface area contributed by atoms with Gasteiger partial charge in [0.25, 0.3) is 0 Å². The van der Waals surface area contributed by atoms with Crippen LogP contribution in [0.4, 0.5) is 5.69 Å². The van der Waals surface area contributed by atoms with E-state index in [1.165, 1.54) is 0 Å². The highest BCUT2D eigenvalue weighted by Gasteiger charge is 2.07. The highest BCUT2D eigenvalue weighted by Crippen LogP contribution is 2.17. The summed E-state index contributed by atoms with van der Waals surface area (Å²) < 4.78 is 0. The van der Waals surface area contributed by atoms with Crippen molar-refractivity contribution >= 4 is 5.69 Å². The van der Waals surface area contributed by atoms with Crippen molar-refractivity contribution in [2.75, 3.05) is 18.5 Å². The summed E-state index contributed by atoms with van der Waals surface area (Å²) in [4.78, 5) is 10.8. The number of hydrogen-bond acceptors (Lipinski definition) is 4. The Morgan fingerprint density at radius 1 is 1.20 bits per heavy atom. The second-order valence-electron chi connectivity index (χ2n) is 4.86. The van der Waals surface area contributed by atoms with Gasteiger partial charge in [0.15, 0.2) is 0 Å². The molecule has 0 aliphatic rings. The Balaban J connectivity index is 1.94. The lowest BCUT2D eigenvalue weighted by atomic mass is 10.2. The van der Waals surface area contributed by atoms with Gasteiger partial charge in [0.2, 0.25) is 0 Å². The largest absolute Gasteiger partial charge is 0.387 e. The quantitative estimate of drug-likeness (QED) is 0.877. The topological polar surface area (TPSA) is 49.2 Å². The number of aliphatic hydroxyl groups is 1. The van der Waals surface area contributed by atoms with E-state index < -0.39 is 6.10 Å². The van der Waals surface area contributed by atoms with E-state index in [0.29, 0.717) is 6.42 Å². The van der Waals surface area contributed by atoms with Crippen molar-refractivity contribution in [1.29, 1.82) is 0 Å². The van der Waals surface area contributed by atoms with Gasteiger partial charge in [0.05, 0.1) is 23.7 Å². The van der Waals surface area contributed by atoms with Crippen LogP contribution in [0.1, 0.15) is 30.8 Å². The standard InChI is InChI=1S/C16H21N3O/c1-3-16(20)15-8-7-14(12-18-15)19(2)11-9-13-6-4-5-10-17-13/h4-8,10,12,16,20H,3,9,11H2,1-2H3. The van der Waals surface area contributed by atoms with Gasteiger partial charge in [0, 0.05) is 31.9 Å². The molecule has 0 aromatic carbocycles. The monoisotopic (exact) mass is 271 g/mol. The number of aromatic nitrogens is 2. The number of anilines is 1. The maximum absolute atomic E-state index is 9.73. The summed E-state index contributed by atoms with van der Waals surface area (Å²) in [7, 11) is 2.04. The van der Waals surface area contributed by atoms with Crippen LogP contribution in [0.15, 0.2) is 42.7 Å². The predicted octanol–water partition coefficient (Wildman–Crippen LogP) is 2.60. The molecule has 0 saturated carbocycles. The van der Waals surface area contributed by atoms with Gasteiger partial charge in [-0.2, -0.15) is 0 Å². The first-order valence-electron chi connectivity index (χ1n) is 6.95. The third-order valence-electron chi connectivity index (χ3n) is 3.37. The highest BCUT2D eigenvalue weighted by molar-refractivity contribution is 5.43. The van der Waals surface area contributed by atoms with Crippen LogP contribution >= 0.6 is 0 Å². The van der Waals surface area contributed by atoms with Gasteiger partial charge < -0.3 is 10.0 Å². The van der Waals surface area contributed by atoms with E-state index >= 15 is 0 Å². The first kappa shape index (κ1) is 14.5. The van der Waals surface area contributed by atoms with E-state index in [-0.39, 0.29) is 0 Å². The molecule has 0 fully saturated rings. The SMILES string of the molecule is CCC(O)c1ccc(N(C)CCc2ccccn2)cn1. The molecule has 0 saturated heterocycles. The van der Waals surface area contributed by atoms with Gasteiger partial charge in [0.1, 0.15) is 0 Å². The minimum atomic E-state index is -0.470. The second-order valence-corrected chi connectivity index (χ2v) is 4.86. The number of hydrogen-bond donors (Lipinski definition) is 1. The first-order chi connectivity index (χ1) is 9.70. The Kier molecular flexibility index (Phi) is 5.07. The molecular weight excluding hydrogens is 250 g/mol. The van der Waals surface area contributed by atoms with Crippen LogP contribution in [0, 0.1) is 0 Å². The van der Waals surface area contributed by atoms with Crippen LogP contribution in [-0.2, 0) is 6.42 Å². The van der Waals surface area contributed by atoms with Crippen molar-refractivity contribution in [3.8, 4) is 0 Å². The number of rotatable bonds is 6. The van der Waals surface area contributed by atoms with Crippen LogP contribution < -0.4 is 4.90 Å². The van der Waals surface area contributed by atoms with E-state index in [0.717, 1.165) is 30.0 Å². The van der Waals surface area contributed by atoms with Gasteiger partial charge in [-0.1, -0.05) is 13.0 Å². The zero-order valence-electron chi connectivity index (χ0n) is 12.0. The summed E-state index contributed by atoms with van der Waals surface area (Å²) in [6.45, 7) is 2.83. The van der Waals surface area contributed by atoms with Crippen LogP contribution in [-0.4, -0.2) is 28.7 Å². The second kappa shape index (κ2) is 7.01. The zero-order valence-corrected chi connectivity index (χ0v) is 12.0. The highest BCUT2D eigenvalue weighted by atomic mass is 16.3. The molecule has 1 unspecified atom stereocenters. The molecule has 0 bridgehead atoms. The molecule has 1 atom stereocenters. The summed E-state index contributed by atoms with van der Waals surface area (Å²) in [6, 6.07) is 9.85. The smallest absolute Gasteiger partial charge is 0.0957 e. The third-order valence-corrected chi connectivity index (χ3v) is 3.37. The Labute approximate surface area is 120 Å². The lowest BCUT2D eigenvalue weighted by Gasteiger charge is -2.19. The van der Waals surface area contributed by atoms with E-state index in [4.69, 9.17) is 0 Å². The fourth-order valence-electron chi connectivity index (χ4n) is 1.99. The fraction of sp³-hybridized carbons (Fsp3) is 0.375. The number of pyridine rings is 2. The molecule has 0 amide bonds. The molecule has 2 heterocycles. The third kappa shape index (κ3) is 3.78. The van der Waals surface area contributed by atoms with Crippen molar-refractivity contribution in [2.24, 2.45) is 0 Å². The molecule has 4 heteroatoms. The predicted molar refractivity (Wildman–Crippen MR) is 80.7 cm³/mol. The van der Waals surface area contributed by atoms with Crippen LogP contribution in [0.2, 0.25) is 0 Å². The Morgan fingerprint density at radius 3 is 2.65 bits per heavy atom. The molecule has 106 valence electrons. The minimum absolute atomic E-state index is 0.470. The fourth-order valence-corrected chi connectivity index (χ4v) is 1.99. The average Bonchev–Trinajstić information content (AvgIpc) is 2.53. The molecular formula is C16H21N3O. The maximum Gasteiger partial charge on any atom is 0.0957 e. The summed E-state index contributed by atoms with van der Waals surface area (Å²) in [5.41, 5.74) is 2.87. The van der Waals surface area contributed by atoms with Crippen molar-refractivity contribution in [3.05, 3.63) is 54.1 Å². The molecule has 0 aliphatic heterocycles. The molecule has 4 nitrogen and oxygen atoms in total. The average molecular weight is 271 g/mol. The summed E-state index contributed by atoms with van der Waals surface area (Å²) in [5.74, 6) is 0. The number of likely N-dealkylation sites (N-methyl/N-ethyl adjacent to an activating group) is 1. The van der Waals surface area contributed by atoms with E-state index in [2.05, 4.69) is 14.9 Å². The molecule has 2 aromatic rings. The zero-order chi connectivity index (χ0) is 14.4. The van der Waals surface area contributed by atoms with E-state index in [1.807, 2.05) is 56.7 Å². The lowest BCUT2D eigenvalue weighted by Crippen LogP contribution is -2.20. The van der Waals surface area contributed by atoms with Crippen molar-refractivity contribution in [1.82, 2.24) is 9.97 Å².